The first-order valence-electron chi connectivity index (χ1n) is 5.39. The van der Waals surface area contributed by atoms with Crippen LogP contribution in [0.25, 0.3) is 0 Å². The zero-order valence-corrected chi connectivity index (χ0v) is 10.6. The second-order valence-corrected chi connectivity index (χ2v) is 3.99. The number of methoxy groups -OCH3 is 1. The van der Waals surface area contributed by atoms with Crippen LogP contribution in [0.2, 0.25) is 0 Å². The molecule has 0 fully saturated rings. The molecule has 6 heteroatoms. The third-order valence-electron chi connectivity index (χ3n) is 2.07. The summed E-state index contributed by atoms with van der Waals surface area (Å²) in [5, 5.41) is 3.17. The van der Waals surface area contributed by atoms with Gasteiger partial charge in [-0.1, -0.05) is 0 Å². The summed E-state index contributed by atoms with van der Waals surface area (Å²) in [6.07, 6.45) is 1.47. The van der Waals surface area contributed by atoms with Crippen LogP contribution in [0.3, 0.4) is 0 Å². The average Bonchev–Trinajstić information content (AvgIpc) is 2.28. The zero-order chi connectivity index (χ0) is 12.8. The van der Waals surface area contributed by atoms with E-state index in [1.165, 1.54) is 13.4 Å². The van der Waals surface area contributed by atoms with Crippen molar-refractivity contribution in [3.05, 3.63) is 12.4 Å². The van der Waals surface area contributed by atoms with Crippen LogP contribution in [0.1, 0.15) is 13.8 Å². The largest absolute Gasteiger partial charge is 0.468 e. The normalized spacial score (nSPS) is 10.2. The number of esters is 1. The summed E-state index contributed by atoms with van der Waals surface area (Å²) in [5.41, 5.74) is 0. The van der Waals surface area contributed by atoms with Crippen LogP contribution in [-0.4, -0.2) is 42.7 Å². The van der Waals surface area contributed by atoms with Crippen molar-refractivity contribution in [3.63, 3.8) is 0 Å². The highest BCUT2D eigenvalue weighted by Gasteiger charge is 2.09. The predicted molar refractivity (Wildman–Crippen MR) is 66.1 cm³/mol. The highest BCUT2D eigenvalue weighted by molar-refractivity contribution is 5.75. The number of nitrogens with zero attached hydrogens (tertiary/aromatic N) is 3. The molecule has 0 saturated heterocycles. The summed E-state index contributed by atoms with van der Waals surface area (Å²) in [6.45, 7) is 4.22. The van der Waals surface area contributed by atoms with Crippen LogP contribution >= 0.6 is 0 Å². The van der Waals surface area contributed by atoms with Crippen molar-refractivity contribution in [3.8, 4) is 0 Å². The van der Waals surface area contributed by atoms with E-state index < -0.39 is 0 Å². The molecule has 1 rings (SSSR count). The van der Waals surface area contributed by atoms with Gasteiger partial charge in [0.25, 0.3) is 0 Å². The lowest BCUT2D eigenvalue weighted by Gasteiger charge is -2.17. The van der Waals surface area contributed by atoms with Gasteiger partial charge in [0.1, 0.15) is 24.5 Å². The minimum absolute atomic E-state index is 0.161. The summed E-state index contributed by atoms with van der Waals surface area (Å²) in [5.74, 6) is 1.11. The molecule has 0 atom stereocenters. The van der Waals surface area contributed by atoms with Gasteiger partial charge in [0.15, 0.2) is 0 Å². The van der Waals surface area contributed by atoms with E-state index in [2.05, 4.69) is 20.0 Å². The number of carbonyl (C=O) groups is 1. The molecule has 0 spiro atoms. The van der Waals surface area contributed by atoms with Gasteiger partial charge in [-0.3, -0.25) is 4.79 Å². The maximum Gasteiger partial charge on any atom is 0.325 e. The highest BCUT2D eigenvalue weighted by Crippen LogP contribution is 2.13. The lowest BCUT2D eigenvalue weighted by atomic mass is 10.4. The van der Waals surface area contributed by atoms with Crippen molar-refractivity contribution in [2.24, 2.45) is 0 Å². The van der Waals surface area contributed by atoms with E-state index in [4.69, 9.17) is 0 Å². The lowest BCUT2D eigenvalue weighted by Crippen LogP contribution is -2.27. The summed E-state index contributed by atoms with van der Waals surface area (Å²) in [7, 11) is 3.14. The van der Waals surface area contributed by atoms with Gasteiger partial charge >= 0.3 is 5.97 Å². The number of likely N-dealkylation sites (N-methyl/N-ethyl adjacent to an activating group) is 1. The number of anilines is 2. The smallest absolute Gasteiger partial charge is 0.325 e. The van der Waals surface area contributed by atoms with Gasteiger partial charge in [0, 0.05) is 19.2 Å². The molecular weight excluding hydrogens is 220 g/mol. The molecule has 0 radical (unpaired) electrons. The minimum atomic E-state index is -0.301. The molecule has 0 aliphatic heterocycles. The van der Waals surface area contributed by atoms with Gasteiger partial charge in [-0.25, -0.2) is 9.97 Å². The lowest BCUT2D eigenvalue weighted by molar-refractivity contribution is -0.138. The molecule has 1 N–H and O–H groups in total. The van der Waals surface area contributed by atoms with E-state index in [1.54, 1.807) is 18.0 Å². The van der Waals surface area contributed by atoms with E-state index in [-0.39, 0.29) is 12.5 Å². The molecule has 0 aromatic carbocycles. The van der Waals surface area contributed by atoms with Crippen molar-refractivity contribution in [1.82, 2.24) is 9.97 Å². The quantitative estimate of drug-likeness (QED) is 0.769. The number of aromatic nitrogens is 2. The molecule has 1 aromatic rings. The second kappa shape index (κ2) is 6.03. The fraction of sp³-hybridized carbons (Fsp3) is 0.545. The fourth-order valence-electron chi connectivity index (χ4n) is 1.27. The molecule has 0 aliphatic rings. The third-order valence-corrected chi connectivity index (χ3v) is 2.07. The highest BCUT2D eigenvalue weighted by atomic mass is 16.5. The van der Waals surface area contributed by atoms with E-state index in [1.807, 2.05) is 13.8 Å². The van der Waals surface area contributed by atoms with E-state index in [9.17, 15) is 4.79 Å². The molecule has 1 aromatic heterocycles. The first-order valence-corrected chi connectivity index (χ1v) is 5.39. The molecular formula is C11H18N4O2. The molecule has 17 heavy (non-hydrogen) atoms. The van der Waals surface area contributed by atoms with Crippen molar-refractivity contribution in [2.45, 2.75) is 19.9 Å². The van der Waals surface area contributed by atoms with Crippen LogP contribution in [-0.2, 0) is 9.53 Å². The SMILES string of the molecule is COC(=O)CN(C)c1cc(NC(C)C)ncn1. The Hall–Kier alpha value is -1.85. The number of nitrogens with one attached hydrogen (secondary N) is 1. The monoisotopic (exact) mass is 238 g/mol. The molecule has 1 heterocycles. The predicted octanol–water partition coefficient (Wildman–Crippen LogP) is 0.906. The van der Waals surface area contributed by atoms with Gasteiger partial charge < -0.3 is 15.0 Å². The van der Waals surface area contributed by atoms with Crippen LogP contribution in [0, 0.1) is 0 Å². The zero-order valence-electron chi connectivity index (χ0n) is 10.6. The maximum atomic E-state index is 11.1. The van der Waals surface area contributed by atoms with Crippen LogP contribution < -0.4 is 10.2 Å². The molecule has 94 valence electrons. The fourth-order valence-corrected chi connectivity index (χ4v) is 1.27. The maximum absolute atomic E-state index is 11.1. The van der Waals surface area contributed by atoms with E-state index in [0.29, 0.717) is 11.9 Å². The van der Waals surface area contributed by atoms with Crippen LogP contribution in [0.15, 0.2) is 12.4 Å². The topological polar surface area (TPSA) is 67.3 Å². The number of hydrogen-bond donors (Lipinski definition) is 1. The Morgan fingerprint density at radius 2 is 2.24 bits per heavy atom. The summed E-state index contributed by atoms with van der Waals surface area (Å²) in [4.78, 5) is 21.0. The Labute approximate surface area is 101 Å². The number of rotatable bonds is 5. The van der Waals surface area contributed by atoms with Crippen molar-refractivity contribution < 1.29 is 9.53 Å². The second-order valence-electron chi connectivity index (χ2n) is 3.99. The van der Waals surface area contributed by atoms with E-state index >= 15 is 0 Å². The van der Waals surface area contributed by atoms with Crippen molar-refractivity contribution >= 4 is 17.6 Å². The van der Waals surface area contributed by atoms with Crippen molar-refractivity contribution in [2.75, 3.05) is 30.9 Å². The molecule has 6 nitrogen and oxygen atoms in total. The Balaban J connectivity index is 2.73. The van der Waals surface area contributed by atoms with Crippen LogP contribution in [0.4, 0.5) is 11.6 Å². The standard InChI is InChI=1S/C11H18N4O2/c1-8(2)14-9-5-10(13-7-12-9)15(3)6-11(16)17-4/h5,7-8H,6H2,1-4H3,(H,12,13,14). The van der Waals surface area contributed by atoms with Crippen molar-refractivity contribution in [1.29, 1.82) is 0 Å². The summed E-state index contributed by atoms with van der Waals surface area (Å²) >= 11 is 0. The molecule has 0 unspecified atom stereocenters. The Morgan fingerprint density at radius 3 is 2.82 bits per heavy atom. The Morgan fingerprint density at radius 1 is 1.53 bits per heavy atom. The first kappa shape index (κ1) is 13.2. The average molecular weight is 238 g/mol. The number of ether oxygens (including phenoxy) is 1. The Kier molecular flexibility index (Phi) is 4.68. The van der Waals surface area contributed by atoms with Gasteiger partial charge in [0.05, 0.1) is 7.11 Å². The molecule has 0 bridgehead atoms. The number of hydrogen-bond acceptors (Lipinski definition) is 6. The van der Waals surface area contributed by atoms with E-state index in [0.717, 1.165) is 5.82 Å². The third kappa shape index (κ3) is 4.26. The van der Waals surface area contributed by atoms with Gasteiger partial charge in [0.2, 0.25) is 0 Å². The molecule has 0 aliphatic carbocycles. The van der Waals surface area contributed by atoms with Gasteiger partial charge in [-0.2, -0.15) is 0 Å². The summed E-state index contributed by atoms with van der Waals surface area (Å²) in [6, 6.07) is 2.09. The number of carbonyl (C=O) groups excluding carboxylic acids is 1. The first-order chi connectivity index (χ1) is 8.02. The molecule has 0 saturated carbocycles. The summed E-state index contributed by atoms with van der Waals surface area (Å²) < 4.78 is 4.60. The van der Waals surface area contributed by atoms with Gasteiger partial charge in [-0.05, 0) is 13.8 Å². The minimum Gasteiger partial charge on any atom is -0.468 e. The molecule has 0 amide bonds. The Bertz CT molecular complexity index is 381. The van der Waals surface area contributed by atoms with Crippen LogP contribution in [0.5, 0.6) is 0 Å². The van der Waals surface area contributed by atoms with Gasteiger partial charge in [-0.15, -0.1) is 0 Å².